The van der Waals surface area contributed by atoms with Gasteiger partial charge in [-0.1, -0.05) is 31.4 Å². The summed E-state index contributed by atoms with van der Waals surface area (Å²) in [5.74, 6) is 0.576. The second-order valence-corrected chi connectivity index (χ2v) is 7.97. The molecule has 2 N–H and O–H groups in total. The Morgan fingerprint density at radius 3 is 2.87 bits per heavy atom. The SMILES string of the molecule is O=C(NC1CCCCC1)NP1(=O)OCc2nc3ccccc3n21. The maximum atomic E-state index is 13.1. The van der Waals surface area contributed by atoms with E-state index in [-0.39, 0.29) is 12.6 Å². The molecular formula is C15H19N4O3P. The van der Waals surface area contributed by atoms with Gasteiger partial charge in [-0.05, 0) is 25.0 Å². The van der Waals surface area contributed by atoms with Crippen molar-refractivity contribution >= 4 is 24.7 Å². The van der Waals surface area contributed by atoms with Crippen molar-refractivity contribution in [3.8, 4) is 0 Å². The third-order valence-electron chi connectivity index (χ3n) is 4.42. The van der Waals surface area contributed by atoms with Crippen LogP contribution in [-0.4, -0.2) is 21.4 Å². The van der Waals surface area contributed by atoms with Crippen molar-refractivity contribution < 1.29 is 13.9 Å². The molecule has 2 aromatic rings. The number of fused-ring (bicyclic) bond motifs is 3. The van der Waals surface area contributed by atoms with Crippen molar-refractivity contribution in [1.82, 2.24) is 19.7 Å². The van der Waals surface area contributed by atoms with E-state index in [0.29, 0.717) is 11.3 Å². The maximum Gasteiger partial charge on any atom is 0.404 e. The monoisotopic (exact) mass is 334 g/mol. The molecule has 2 aliphatic rings. The number of hydrogen-bond donors (Lipinski definition) is 2. The molecule has 0 bridgehead atoms. The van der Waals surface area contributed by atoms with Crippen molar-refractivity contribution in [2.75, 3.05) is 0 Å². The minimum atomic E-state index is -3.49. The summed E-state index contributed by atoms with van der Waals surface area (Å²) in [6, 6.07) is 7.12. The number of aromatic nitrogens is 2. The molecular weight excluding hydrogens is 315 g/mol. The van der Waals surface area contributed by atoms with Crippen molar-refractivity contribution in [1.29, 1.82) is 0 Å². The van der Waals surface area contributed by atoms with Crippen LogP contribution in [0.4, 0.5) is 4.79 Å². The van der Waals surface area contributed by atoms with Gasteiger partial charge in [0.15, 0.2) is 0 Å². The lowest BCUT2D eigenvalue weighted by molar-refractivity contribution is 0.234. The molecule has 1 aliphatic heterocycles. The van der Waals surface area contributed by atoms with Gasteiger partial charge in [0.2, 0.25) is 0 Å². The summed E-state index contributed by atoms with van der Waals surface area (Å²) in [6.07, 6.45) is 5.40. The molecule has 1 aromatic heterocycles. The van der Waals surface area contributed by atoms with Crippen LogP contribution in [0.25, 0.3) is 11.0 Å². The van der Waals surface area contributed by atoms with Crippen molar-refractivity contribution in [3.05, 3.63) is 30.1 Å². The fourth-order valence-corrected chi connectivity index (χ4v) is 5.08. The first-order valence-electron chi connectivity index (χ1n) is 7.96. The van der Waals surface area contributed by atoms with Crippen LogP contribution in [0, 0.1) is 0 Å². The quantitative estimate of drug-likeness (QED) is 0.826. The van der Waals surface area contributed by atoms with Gasteiger partial charge in [0.1, 0.15) is 12.4 Å². The molecule has 0 spiro atoms. The van der Waals surface area contributed by atoms with Crippen LogP contribution in [0.2, 0.25) is 0 Å². The number of nitrogens with one attached hydrogen (secondary N) is 2. The molecule has 1 aliphatic carbocycles. The van der Waals surface area contributed by atoms with E-state index in [9.17, 15) is 9.36 Å². The standard InChI is InChI=1S/C15H19N4O3P/c20-15(16-11-6-2-1-3-7-11)18-23(21)19-13-9-5-4-8-12(13)17-14(19)10-22-23/h4-5,8-9,11H,1-3,6-7,10H2,(H2,16,18,20,21). The number of rotatable bonds is 2. The molecule has 2 amide bonds. The van der Waals surface area contributed by atoms with Crippen LogP contribution in [-0.2, 0) is 15.7 Å². The highest BCUT2D eigenvalue weighted by molar-refractivity contribution is 7.56. The van der Waals surface area contributed by atoms with Crippen LogP contribution >= 0.6 is 7.67 Å². The maximum absolute atomic E-state index is 13.1. The zero-order valence-electron chi connectivity index (χ0n) is 12.7. The fraction of sp³-hybridized carbons (Fsp3) is 0.467. The number of urea groups is 1. The van der Waals surface area contributed by atoms with E-state index in [1.165, 1.54) is 10.8 Å². The molecule has 4 rings (SSSR count). The smallest absolute Gasteiger partial charge is 0.335 e. The molecule has 122 valence electrons. The van der Waals surface area contributed by atoms with Gasteiger partial charge in [0.05, 0.1) is 11.0 Å². The minimum Gasteiger partial charge on any atom is -0.335 e. The highest BCUT2D eigenvalue weighted by atomic mass is 31.2. The number of para-hydroxylation sites is 2. The summed E-state index contributed by atoms with van der Waals surface area (Å²) < 4.78 is 20.0. The Morgan fingerprint density at radius 2 is 2.04 bits per heavy atom. The molecule has 0 saturated heterocycles. The number of imidazole rings is 1. The van der Waals surface area contributed by atoms with Gasteiger partial charge in [0.25, 0.3) is 0 Å². The lowest BCUT2D eigenvalue weighted by atomic mass is 9.96. The number of benzene rings is 1. The second-order valence-electron chi connectivity index (χ2n) is 6.04. The summed E-state index contributed by atoms with van der Waals surface area (Å²) in [5.41, 5.74) is 1.46. The molecule has 1 fully saturated rings. The van der Waals surface area contributed by atoms with Crippen LogP contribution < -0.4 is 10.4 Å². The summed E-state index contributed by atoms with van der Waals surface area (Å²) >= 11 is 0. The number of nitrogens with zero attached hydrogens (tertiary/aromatic N) is 2. The van der Waals surface area contributed by atoms with Gasteiger partial charge in [-0.2, -0.15) is 0 Å². The lowest BCUT2D eigenvalue weighted by Gasteiger charge is -2.24. The van der Waals surface area contributed by atoms with E-state index in [1.54, 1.807) is 0 Å². The summed E-state index contributed by atoms with van der Waals surface area (Å²) in [6.45, 7) is 0.135. The van der Waals surface area contributed by atoms with Gasteiger partial charge < -0.3 is 5.32 Å². The predicted octanol–water partition coefficient (Wildman–Crippen LogP) is 3.15. The van der Waals surface area contributed by atoms with E-state index >= 15 is 0 Å². The highest BCUT2D eigenvalue weighted by Crippen LogP contribution is 2.52. The van der Waals surface area contributed by atoms with E-state index in [4.69, 9.17) is 4.52 Å². The number of hydrogen-bond acceptors (Lipinski definition) is 4. The fourth-order valence-electron chi connectivity index (χ4n) is 3.33. The van der Waals surface area contributed by atoms with Gasteiger partial charge >= 0.3 is 13.7 Å². The molecule has 1 atom stereocenters. The van der Waals surface area contributed by atoms with Gasteiger partial charge in [0, 0.05) is 6.04 Å². The number of amides is 2. The summed E-state index contributed by atoms with van der Waals surface area (Å²) in [7, 11) is -3.49. The van der Waals surface area contributed by atoms with Crippen molar-refractivity contribution in [2.45, 2.75) is 44.8 Å². The van der Waals surface area contributed by atoms with Crippen LogP contribution in [0.15, 0.2) is 24.3 Å². The minimum absolute atomic E-state index is 0.135. The van der Waals surface area contributed by atoms with Gasteiger partial charge in [-0.15, -0.1) is 0 Å². The largest absolute Gasteiger partial charge is 0.404 e. The topological polar surface area (TPSA) is 85.2 Å². The average molecular weight is 334 g/mol. The number of carbonyl (C=O) groups excluding carboxylic acids is 1. The van der Waals surface area contributed by atoms with Crippen LogP contribution in [0.3, 0.4) is 0 Å². The van der Waals surface area contributed by atoms with Crippen LogP contribution in [0.1, 0.15) is 37.9 Å². The average Bonchev–Trinajstić information content (AvgIpc) is 3.06. The third kappa shape index (κ3) is 2.64. The highest BCUT2D eigenvalue weighted by Gasteiger charge is 2.39. The van der Waals surface area contributed by atoms with Crippen molar-refractivity contribution in [3.63, 3.8) is 0 Å². The Balaban J connectivity index is 1.56. The first kappa shape index (κ1) is 14.7. The Labute approximate surface area is 134 Å². The Kier molecular flexibility index (Phi) is 3.62. The zero-order chi connectivity index (χ0) is 15.9. The van der Waals surface area contributed by atoms with Gasteiger partial charge in [-0.3, -0.25) is 4.52 Å². The Bertz CT molecular complexity index is 797. The Morgan fingerprint density at radius 1 is 1.26 bits per heavy atom. The predicted molar refractivity (Wildman–Crippen MR) is 86.1 cm³/mol. The molecule has 2 heterocycles. The Hall–Kier alpha value is -1.85. The first-order valence-corrected chi connectivity index (χ1v) is 9.54. The molecule has 23 heavy (non-hydrogen) atoms. The molecule has 1 saturated carbocycles. The third-order valence-corrected chi connectivity index (χ3v) is 6.36. The summed E-state index contributed by atoms with van der Waals surface area (Å²) in [5, 5.41) is 5.45. The number of carbonyl (C=O) groups is 1. The molecule has 1 unspecified atom stereocenters. The van der Waals surface area contributed by atoms with E-state index in [0.717, 1.165) is 31.2 Å². The van der Waals surface area contributed by atoms with Crippen LogP contribution in [0.5, 0.6) is 0 Å². The molecule has 7 nitrogen and oxygen atoms in total. The lowest BCUT2D eigenvalue weighted by Crippen LogP contribution is -2.42. The zero-order valence-corrected chi connectivity index (χ0v) is 13.6. The first-order chi connectivity index (χ1) is 11.2. The molecule has 8 heteroatoms. The summed E-state index contributed by atoms with van der Waals surface area (Å²) in [4.78, 5) is 16.6. The van der Waals surface area contributed by atoms with E-state index < -0.39 is 13.7 Å². The molecule has 1 aromatic carbocycles. The van der Waals surface area contributed by atoms with E-state index in [1.807, 2.05) is 24.3 Å². The van der Waals surface area contributed by atoms with Gasteiger partial charge in [-0.25, -0.2) is 23.8 Å². The second kappa shape index (κ2) is 5.65. The van der Waals surface area contributed by atoms with Crippen molar-refractivity contribution in [2.24, 2.45) is 0 Å². The van der Waals surface area contributed by atoms with E-state index in [2.05, 4.69) is 15.4 Å². The normalized spacial score (nSPS) is 24.5. The molecule has 0 radical (unpaired) electrons.